The van der Waals surface area contributed by atoms with Gasteiger partial charge in [0.25, 0.3) is 0 Å². The van der Waals surface area contributed by atoms with E-state index in [1.807, 2.05) is 16.8 Å². The molecule has 2 atom stereocenters. The van der Waals surface area contributed by atoms with Crippen molar-refractivity contribution in [2.45, 2.75) is 19.3 Å². The molecule has 114 valence electrons. The highest BCUT2D eigenvalue weighted by Gasteiger charge is 2.54. The lowest BCUT2D eigenvalue weighted by atomic mass is 9.74. The summed E-state index contributed by atoms with van der Waals surface area (Å²) in [5, 5.41) is 13.6. The molecule has 0 unspecified atom stereocenters. The molecule has 6 heteroatoms. The average Bonchev–Trinajstić information content (AvgIpc) is 3.12. The molecule has 0 spiro atoms. The van der Waals surface area contributed by atoms with E-state index in [0.29, 0.717) is 39.1 Å². The predicted molar refractivity (Wildman–Crippen MR) is 78.2 cm³/mol. The molecular formula is C15H19NO4S. The van der Waals surface area contributed by atoms with Gasteiger partial charge in [0.1, 0.15) is 0 Å². The number of aryl methyl sites for hydroxylation is 1. The Bertz CT molecular complexity index is 530. The normalized spacial score (nSPS) is 28.4. The highest BCUT2D eigenvalue weighted by Crippen LogP contribution is 2.42. The van der Waals surface area contributed by atoms with E-state index in [-0.39, 0.29) is 11.8 Å². The number of nitrogens with zero attached hydrogens (tertiary/aromatic N) is 1. The molecule has 3 rings (SSSR count). The minimum atomic E-state index is -0.795. The molecule has 1 aromatic heterocycles. The number of fused-ring (bicyclic) bond motifs is 1. The second-order valence-corrected chi connectivity index (χ2v) is 6.67. The fourth-order valence-electron chi connectivity index (χ4n) is 3.33. The van der Waals surface area contributed by atoms with Gasteiger partial charge in [-0.15, -0.1) is 0 Å². The zero-order chi connectivity index (χ0) is 14.9. The molecule has 2 saturated heterocycles. The van der Waals surface area contributed by atoms with E-state index in [1.54, 1.807) is 16.2 Å². The lowest BCUT2D eigenvalue weighted by Crippen LogP contribution is -2.45. The third-order valence-electron chi connectivity index (χ3n) is 4.69. The van der Waals surface area contributed by atoms with Gasteiger partial charge >= 0.3 is 5.97 Å². The third kappa shape index (κ3) is 2.70. The first-order valence-corrected chi connectivity index (χ1v) is 8.16. The molecule has 21 heavy (non-hydrogen) atoms. The maximum absolute atomic E-state index is 12.3. The summed E-state index contributed by atoms with van der Waals surface area (Å²) >= 11 is 1.62. The van der Waals surface area contributed by atoms with Gasteiger partial charge in [0, 0.05) is 32.0 Å². The first-order valence-electron chi connectivity index (χ1n) is 7.22. The second kappa shape index (κ2) is 5.77. The molecule has 0 aromatic carbocycles. The smallest absolute Gasteiger partial charge is 0.311 e. The molecule has 1 N–H and O–H groups in total. The van der Waals surface area contributed by atoms with Crippen LogP contribution in [0.2, 0.25) is 0 Å². The van der Waals surface area contributed by atoms with Gasteiger partial charge in [-0.2, -0.15) is 11.3 Å². The van der Waals surface area contributed by atoms with Gasteiger partial charge in [0.15, 0.2) is 0 Å². The molecule has 0 bridgehead atoms. The summed E-state index contributed by atoms with van der Waals surface area (Å²) in [4.78, 5) is 25.7. The zero-order valence-corrected chi connectivity index (χ0v) is 12.6. The Hall–Kier alpha value is -1.40. The number of hydrogen-bond donors (Lipinski definition) is 1. The van der Waals surface area contributed by atoms with Crippen LogP contribution in [0.5, 0.6) is 0 Å². The Kier molecular flexibility index (Phi) is 3.99. The Morgan fingerprint density at radius 1 is 1.52 bits per heavy atom. The van der Waals surface area contributed by atoms with Gasteiger partial charge in [-0.1, -0.05) is 0 Å². The summed E-state index contributed by atoms with van der Waals surface area (Å²) in [6.07, 6.45) is 1.67. The van der Waals surface area contributed by atoms with Gasteiger partial charge in [-0.05, 0) is 35.2 Å². The first-order chi connectivity index (χ1) is 10.1. The SMILES string of the molecule is O=C(CCc1ccsc1)N1C[C@@H]2COCC[C@]2(C(=O)O)C1. The number of carboxylic acids is 1. The Morgan fingerprint density at radius 2 is 2.38 bits per heavy atom. The van der Waals surface area contributed by atoms with Gasteiger partial charge < -0.3 is 14.7 Å². The standard InChI is InChI=1S/C15H19NO4S/c17-13(2-1-11-3-6-21-9-11)16-7-12-8-20-5-4-15(12,10-16)14(18)19/h3,6,9,12H,1-2,4-5,7-8,10H2,(H,18,19)/t12-,15+/m1/s1. The monoisotopic (exact) mass is 309 g/mol. The minimum Gasteiger partial charge on any atom is -0.481 e. The Balaban J connectivity index is 1.64. The molecule has 0 radical (unpaired) electrons. The maximum atomic E-state index is 12.3. The molecule has 0 aliphatic carbocycles. The van der Waals surface area contributed by atoms with E-state index >= 15 is 0 Å². The van der Waals surface area contributed by atoms with E-state index in [4.69, 9.17) is 4.74 Å². The van der Waals surface area contributed by atoms with Crippen LogP contribution in [0.3, 0.4) is 0 Å². The molecule has 3 heterocycles. The summed E-state index contributed by atoms with van der Waals surface area (Å²) in [5.74, 6) is -0.811. The van der Waals surface area contributed by atoms with E-state index in [0.717, 1.165) is 6.42 Å². The summed E-state index contributed by atoms with van der Waals surface area (Å²) < 4.78 is 5.41. The second-order valence-electron chi connectivity index (χ2n) is 5.89. The van der Waals surface area contributed by atoms with Crippen LogP contribution in [-0.2, 0) is 20.7 Å². The fraction of sp³-hybridized carbons (Fsp3) is 0.600. The number of rotatable bonds is 4. The van der Waals surface area contributed by atoms with Crippen molar-refractivity contribution in [3.05, 3.63) is 22.4 Å². The van der Waals surface area contributed by atoms with Crippen molar-refractivity contribution >= 4 is 23.2 Å². The average molecular weight is 309 g/mol. The van der Waals surface area contributed by atoms with Gasteiger partial charge in [-0.3, -0.25) is 9.59 Å². The number of amides is 1. The molecular weight excluding hydrogens is 290 g/mol. The molecule has 1 aromatic rings. The number of hydrogen-bond acceptors (Lipinski definition) is 4. The van der Waals surface area contributed by atoms with Gasteiger partial charge in [0.2, 0.25) is 5.91 Å². The zero-order valence-electron chi connectivity index (χ0n) is 11.8. The van der Waals surface area contributed by atoms with Crippen molar-refractivity contribution in [1.82, 2.24) is 4.90 Å². The molecule has 2 fully saturated rings. The quantitative estimate of drug-likeness (QED) is 0.918. The molecule has 5 nitrogen and oxygen atoms in total. The van der Waals surface area contributed by atoms with E-state index < -0.39 is 11.4 Å². The van der Waals surface area contributed by atoms with Crippen molar-refractivity contribution < 1.29 is 19.4 Å². The summed E-state index contributed by atoms with van der Waals surface area (Å²) in [7, 11) is 0. The van der Waals surface area contributed by atoms with Crippen molar-refractivity contribution in [2.75, 3.05) is 26.3 Å². The van der Waals surface area contributed by atoms with E-state index in [1.165, 1.54) is 5.56 Å². The number of carbonyl (C=O) groups is 2. The molecule has 1 amide bonds. The van der Waals surface area contributed by atoms with Crippen LogP contribution in [0, 0.1) is 11.3 Å². The van der Waals surface area contributed by atoms with E-state index in [9.17, 15) is 14.7 Å². The summed E-state index contributed by atoms with van der Waals surface area (Å²) in [6.45, 7) is 1.76. The minimum absolute atomic E-state index is 0.0521. The highest BCUT2D eigenvalue weighted by molar-refractivity contribution is 7.07. The first kappa shape index (κ1) is 14.5. The van der Waals surface area contributed by atoms with Gasteiger partial charge in [-0.25, -0.2) is 0 Å². The number of aliphatic carboxylic acids is 1. The van der Waals surface area contributed by atoms with Crippen LogP contribution in [0.25, 0.3) is 0 Å². The largest absolute Gasteiger partial charge is 0.481 e. The van der Waals surface area contributed by atoms with Crippen molar-refractivity contribution in [2.24, 2.45) is 11.3 Å². The molecule has 0 saturated carbocycles. The highest BCUT2D eigenvalue weighted by atomic mass is 32.1. The summed E-state index contributed by atoms with van der Waals surface area (Å²) in [5.41, 5.74) is 0.372. The van der Waals surface area contributed by atoms with Crippen LogP contribution in [-0.4, -0.2) is 48.2 Å². The molecule has 2 aliphatic rings. The van der Waals surface area contributed by atoms with Crippen LogP contribution < -0.4 is 0 Å². The van der Waals surface area contributed by atoms with Crippen molar-refractivity contribution in [3.63, 3.8) is 0 Å². The van der Waals surface area contributed by atoms with E-state index in [2.05, 4.69) is 0 Å². The Labute approximate surface area is 127 Å². The van der Waals surface area contributed by atoms with Crippen LogP contribution in [0.15, 0.2) is 16.8 Å². The number of thiophene rings is 1. The number of carbonyl (C=O) groups excluding carboxylic acids is 1. The van der Waals surface area contributed by atoms with Crippen LogP contribution in [0.4, 0.5) is 0 Å². The Morgan fingerprint density at radius 3 is 3.05 bits per heavy atom. The maximum Gasteiger partial charge on any atom is 0.311 e. The number of likely N-dealkylation sites (tertiary alicyclic amines) is 1. The summed E-state index contributed by atoms with van der Waals surface area (Å²) in [6, 6.07) is 2.02. The number of carboxylic acid groups (broad SMARTS) is 1. The molecule has 2 aliphatic heterocycles. The van der Waals surface area contributed by atoms with Crippen molar-refractivity contribution in [1.29, 1.82) is 0 Å². The lowest BCUT2D eigenvalue weighted by molar-refractivity contribution is -0.157. The fourth-order valence-corrected chi connectivity index (χ4v) is 4.04. The van der Waals surface area contributed by atoms with Gasteiger partial charge in [0.05, 0.1) is 12.0 Å². The van der Waals surface area contributed by atoms with Crippen LogP contribution in [0.1, 0.15) is 18.4 Å². The van der Waals surface area contributed by atoms with Crippen LogP contribution >= 0.6 is 11.3 Å². The lowest BCUT2D eigenvalue weighted by Gasteiger charge is -2.33. The third-order valence-corrected chi connectivity index (χ3v) is 5.43. The topological polar surface area (TPSA) is 66.8 Å². The number of ether oxygens (including phenoxy) is 1. The predicted octanol–water partition coefficient (Wildman–Crippen LogP) is 1.63. The van der Waals surface area contributed by atoms with Crippen molar-refractivity contribution in [3.8, 4) is 0 Å².